The molecule has 2 aromatic carbocycles. The van der Waals surface area contributed by atoms with Crippen molar-refractivity contribution in [1.29, 1.82) is 0 Å². The third kappa shape index (κ3) is 3.37. The number of rotatable bonds is 6. The number of fused-ring (bicyclic) bond motifs is 1. The van der Waals surface area contributed by atoms with Gasteiger partial charge in [0.05, 0.1) is 17.6 Å². The molecular formula is C19H22N2O2. The number of hydrogen-bond acceptors (Lipinski definition) is 3. The van der Waals surface area contributed by atoms with Crippen LogP contribution >= 0.6 is 0 Å². The van der Waals surface area contributed by atoms with Crippen molar-refractivity contribution in [3.05, 3.63) is 59.9 Å². The van der Waals surface area contributed by atoms with Gasteiger partial charge in [0.15, 0.2) is 0 Å². The quantitative estimate of drug-likeness (QED) is 0.703. The Kier molecular flexibility index (Phi) is 4.63. The van der Waals surface area contributed by atoms with Crippen LogP contribution in [0.1, 0.15) is 30.8 Å². The molecule has 3 aromatic rings. The number of aliphatic hydroxyl groups is 1. The summed E-state index contributed by atoms with van der Waals surface area (Å²) in [7, 11) is 0. The van der Waals surface area contributed by atoms with Gasteiger partial charge in [-0.05, 0) is 44.0 Å². The molecule has 1 heterocycles. The predicted octanol–water partition coefficient (Wildman–Crippen LogP) is 3.87. The van der Waals surface area contributed by atoms with Gasteiger partial charge in [-0.1, -0.05) is 30.3 Å². The standard InChI is InChI=1S/C19H22N2O2/c1-14-8-3-6-11-18(14)23-13-7-12-21-17-10-5-4-9-16(17)20-19(21)15(2)22/h3-6,8-11,15,22H,7,12-13H2,1-2H3/t15-/m0/s1. The zero-order valence-corrected chi connectivity index (χ0v) is 13.6. The number of aliphatic hydroxyl groups excluding tert-OH is 1. The first kappa shape index (κ1) is 15.6. The van der Waals surface area contributed by atoms with Crippen molar-refractivity contribution in [2.24, 2.45) is 0 Å². The minimum absolute atomic E-state index is 0.584. The van der Waals surface area contributed by atoms with Crippen LogP contribution < -0.4 is 4.74 Å². The number of para-hydroxylation sites is 3. The van der Waals surface area contributed by atoms with E-state index in [1.807, 2.05) is 55.5 Å². The van der Waals surface area contributed by atoms with E-state index >= 15 is 0 Å². The SMILES string of the molecule is Cc1ccccc1OCCCn1c([C@H](C)O)nc2ccccc21. The van der Waals surface area contributed by atoms with Crippen LogP contribution in [0, 0.1) is 6.92 Å². The highest BCUT2D eigenvalue weighted by atomic mass is 16.5. The van der Waals surface area contributed by atoms with Crippen molar-refractivity contribution >= 4 is 11.0 Å². The summed E-state index contributed by atoms with van der Waals surface area (Å²) in [6.07, 6.45) is 0.272. The molecule has 0 spiro atoms. The average molecular weight is 310 g/mol. The van der Waals surface area contributed by atoms with E-state index in [9.17, 15) is 5.11 Å². The van der Waals surface area contributed by atoms with Crippen molar-refractivity contribution < 1.29 is 9.84 Å². The Morgan fingerprint density at radius 3 is 2.65 bits per heavy atom. The molecule has 0 amide bonds. The number of imidazole rings is 1. The number of hydrogen-bond donors (Lipinski definition) is 1. The summed E-state index contributed by atoms with van der Waals surface area (Å²) in [5, 5.41) is 9.96. The minimum atomic E-state index is -0.584. The van der Waals surface area contributed by atoms with Crippen LogP contribution in [-0.4, -0.2) is 21.3 Å². The Bertz CT molecular complexity index is 793. The van der Waals surface area contributed by atoms with Crippen molar-refractivity contribution in [2.75, 3.05) is 6.61 Å². The monoisotopic (exact) mass is 310 g/mol. The second kappa shape index (κ2) is 6.84. The Hall–Kier alpha value is -2.33. The predicted molar refractivity (Wildman–Crippen MR) is 91.7 cm³/mol. The topological polar surface area (TPSA) is 47.3 Å². The Morgan fingerprint density at radius 2 is 1.87 bits per heavy atom. The molecule has 0 saturated heterocycles. The lowest BCUT2D eigenvalue weighted by molar-refractivity contribution is 0.183. The highest BCUT2D eigenvalue weighted by Crippen LogP contribution is 2.21. The maximum atomic E-state index is 9.96. The fourth-order valence-corrected chi connectivity index (χ4v) is 2.77. The Balaban J connectivity index is 1.69. The molecule has 4 nitrogen and oxygen atoms in total. The van der Waals surface area contributed by atoms with Gasteiger partial charge < -0.3 is 14.4 Å². The lowest BCUT2D eigenvalue weighted by atomic mass is 10.2. The summed E-state index contributed by atoms with van der Waals surface area (Å²) in [4.78, 5) is 4.54. The summed E-state index contributed by atoms with van der Waals surface area (Å²) in [5.41, 5.74) is 3.12. The van der Waals surface area contributed by atoms with E-state index in [-0.39, 0.29) is 0 Å². The molecule has 3 rings (SSSR count). The first-order valence-electron chi connectivity index (χ1n) is 7.98. The summed E-state index contributed by atoms with van der Waals surface area (Å²) in [6.45, 7) is 5.20. The van der Waals surface area contributed by atoms with Crippen LogP contribution in [0.15, 0.2) is 48.5 Å². The lowest BCUT2D eigenvalue weighted by Gasteiger charge is -2.12. The van der Waals surface area contributed by atoms with Gasteiger partial charge in [0.25, 0.3) is 0 Å². The van der Waals surface area contributed by atoms with E-state index in [0.29, 0.717) is 12.4 Å². The third-order valence-corrected chi connectivity index (χ3v) is 3.93. The molecule has 0 bridgehead atoms. The average Bonchev–Trinajstić information content (AvgIpc) is 2.92. The molecule has 0 radical (unpaired) electrons. The smallest absolute Gasteiger partial charge is 0.138 e. The van der Waals surface area contributed by atoms with E-state index < -0.39 is 6.10 Å². The normalized spacial score (nSPS) is 12.5. The summed E-state index contributed by atoms with van der Waals surface area (Å²) >= 11 is 0. The summed E-state index contributed by atoms with van der Waals surface area (Å²) in [6, 6.07) is 16.0. The van der Waals surface area contributed by atoms with Crippen LogP contribution in [0.5, 0.6) is 5.75 Å². The van der Waals surface area contributed by atoms with Gasteiger partial charge in [-0.2, -0.15) is 0 Å². The molecule has 1 aromatic heterocycles. The third-order valence-electron chi connectivity index (χ3n) is 3.93. The summed E-state index contributed by atoms with van der Waals surface area (Å²) in [5.74, 6) is 1.64. The number of nitrogens with zero attached hydrogens (tertiary/aromatic N) is 2. The molecule has 0 unspecified atom stereocenters. The number of ether oxygens (including phenoxy) is 1. The Morgan fingerprint density at radius 1 is 1.13 bits per heavy atom. The molecule has 0 aliphatic heterocycles. The molecule has 0 aliphatic carbocycles. The minimum Gasteiger partial charge on any atom is -0.493 e. The second-order valence-corrected chi connectivity index (χ2v) is 5.75. The van der Waals surface area contributed by atoms with Crippen molar-refractivity contribution in [3.8, 4) is 5.75 Å². The zero-order valence-electron chi connectivity index (χ0n) is 13.6. The molecule has 0 aliphatic rings. The van der Waals surface area contributed by atoms with Crippen LogP contribution in [0.2, 0.25) is 0 Å². The summed E-state index contributed by atoms with van der Waals surface area (Å²) < 4.78 is 7.94. The van der Waals surface area contributed by atoms with E-state index in [1.165, 1.54) is 0 Å². The van der Waals surface area contributed by atoms with E-state index in [1.54, 1.807) is 6.92 Å². The lowest BCUT2D eigenvalue weighted by Crippen LogP contribution is -2.10. The fraction of sp³-hybridized carbons (Fsp3) is 0.316. The van der Waals surface area contributed by atoms with Gasteiger partial charge >= 0.3 is 0 Å². The number of aromatic nitrogens is 2. The molecule has 0 saturated carbocycles. The van der Waals surface area contributed by atoms with Crippen LogP contribution in [0.4, 0.5) is 0 Å². The van der Waals surface area contributed by atoms with E-state index in [0.717, 1.165) is 35.3 Å². The van der Waals surface area contributed by atoms with Gasteiger partial charge in [0.2, 0.25) is 0 Å². The molecule has 1 atom stereocenters. The second-order valence-electron chi connectivity index (χ2n) is 5.75. The Labute approximate surface area is 136 Å². The molecule has 1 N–H and O–H groups in total. The largest absolute Gasteiger partial charge is 0.493 e. The van der Waals surface area contributed by atoms with Crippen LogP contribution in [-0.2, 0) is 6.54 Å². The maximum absolute atomic E-state index is 9.96. The van der Waals surface area contributed by atoms with Crippen LogP contribution in [0.25, 0.3) is 11.0 Å². The van der Waals surface area contributed by atoms with Crippen molar-refractivity contribution in [1.82, 2.24) is 9.55 Å². The van der Waals surface area contributed by atoms with Crippen molar-refractivity contribution in [2.45, 2.75) is 32.9 Å². The van der Waals surface area contributed by atoms with Crippen LogP contribution in [0.3, 0.4) is 0 Å². The van der Waals surface area contributed by atoms with Gasteiger partial charge in [-0.15, -0.1) is 0 Å². The first-order chi connectivity index (χ1) is 11.2. The fourth-order valence-electron chi connectivity index (χ4n) is 2.77. The maximum Gasteiger partial charge on any atom is 0.138 e. The zero-order chi connectivity index (χ0) is 16.2. The first-order valence-corrected chi connectivity index (χ1v) is 7.98. The van der Waals surface area contributed by atoms with Crippen molar-refractivity contribution in [3.63, 3.8) is 0 Å². The molecule has 23 heavy (non-hydrogen) atoms. The molecule has 0 fully saturated rings. The number of benzene rings is 2. The van der Waals surface area contributed by atoms with Gasteiger partial charge in [-0.3, -0.25) is 0 Å². The molecule has 4 heteroatoms. The van der Waals surface area contributed by atoms with E-state index in [4.69, 9.17) is 4.74 Å². The van der Waals surface area contributed by atoms with Gasteiger partial charge in [0, 0.05) is 6.54 Å². The van der Waals surface area contributed by atoms with Gasteiger partial charge in [0.1, 0.15) is 17.7 Å². The highest BCUT2D eigenvalue weighted by molar-refractivity contribution is 5.75. The number of aryl methyl sites for hydroxylation is 2. The van der Waals surface area contributed by atoms with Gasteiger partial charge in [-0.25, -0.2) is 4.98 Å². The highest BCUT2D eigenvalue weighted by Gasteiger charge is 2.14. The molecule has 120 valence electrons. The van der Waals surface area contributed by atoms with E-state index in [2.05, 4.69) is 9.55 Å². The molecular weight excluding hydrogens is 288 g/mol.